The number of methoxy groups -OCH3 is 5. The summed E-state index contributed by atoms with van der Waals surface area (Å²) in [5.41, 5.74) is -2.37. The molecule has 19 heteroatoms. The van der Waals surface area contributed by atoms with Crippen molar-refractivity contribution < 1.29 is 90.5 Å². The third-order valence-electron chi connectivity index (χ3n) is 26.0. The van der Waals surface area contributed by atoms with Crippen molar-refractivity contribution in [2.45, 2.75) is 116 Å². The summed E-state index contributed by atoms with van der Waals surface area (Å²) in [5.74, 6) is -5.11. The fourth-order valence-electron chi connectivity index (χ4n) is 18.6. The summed E-state index contributed by atoms with van der Waals surface area (Å²) in [6.07, 6.45) is -3.00. The monoisotopic (exact) mass is 1420 g/mol. The lowest BCUT2D eigenvalue weighted by molar-refractivity contribution is -0.152. The molecular weight excluding hydrogens is 1320 g/mol. The van der Waals surface area contributed by atoms with E-state index in [1.807, 2.05) is 165 Å². The summed E-state index contributed by atoms with van der Waals surface area (Å²) in [5, 5.41) is 0. The summed E-state index contributed by atoms with van der Waals surface area (Å²) >= 11 is 0. The Balaban J connectivity index is 0.939. The van der Waals surface area contributed by atoms with Crippen molar-refractivity contribution in [2.24, 2.45) is 48.7 Å². The van der Waals surface area contributed by atoms with Crippen molar-refractivity contribution in [3.8, 4) is 17.2 Å². The van der Waals surface area contributed by atoms with Gasteiger partial charge in [0.15, 0.2) is 12.2 Å². The maximum absolute atomic E-state index is 15.9. The lowest BCUT2D eigenvalue weighted by Gasteiger charge is -2.43. The first-order valence-corrected chi connectivity index (χ1v) is 34.7. The first-order valence-electron chi connectivity index (χ1n) is 34.7. The Morgan fingerprint density at radius 2 is 0.510 bits per heavy atom. The van der Waals surface area contributed by atoms with E-state index >= 15 is 19.2 Å². The van der Waals surface area contributed by atoms with E-state index in [1.165, 1.54) is 38.5 Å². The topological polar surface area (TPSA) is 238 Å². The summed E-state index contributed by atoms with van der Waals surface area (Å²) < 4.78 is 64.7. The third-order valence-corrected chi connectivity index (χ3v) is 26.0. The SMILES string of the molecule is COC(=O)C1=C(C(=O)OCC(COC(=O)C2=C(C(=O)OCC(COC(=O)C3=C(C(=O)OC)C4(C)C(c5ccc(OC)cc5)=C(C)C3(C)C4(C)C)OC(=O)c3ccccc3)C3(C)C(c4ccc(OC)cc4)=C(C)C2(C)C3(C)C)OC(=O)c2ccccc2)C2(C)C(C)=C(c3ccc(OC)cc3)C1(C)C2(C)C. The molecule has 0 saturated carbocycles. The Morgan fingerprint density at radius 1 is 0.288 bits per heavy atom. The van der Waals surface area contributed by atoms with E-state index in [1.54, 1.807) is 69.9 Å². The first-order chi connectivity index (χ1) is 49.0. The number of rotatable bonds is 24. The number of fused-ring (bicyclic) bond motifs is 6. The molecule has 6 aliphatic rings. The van der Waals surface area contributed by atoms with Crippen LogP contribution in [0.1, 0.15) is 141 Å². The Hall–Kier alpha value is -10.3. The van der Waals surface area contributed by atoms with Crippen LogP contribution in [-0.2, 0) is 66.7 Å². The minimum Gasteiger partial charge on any atom is -0.497 e. The van der Waals surface area contributed by atoms with Gasteiger partial charge < -0.3 is 52.1 Å². The van der Waals surface area contributed by atoms with Crippen molar-refractivity contribution in [1.82, 2.24) is 0 Å². The molecule has 0 aliphatic heterocycles. The van der Waals surface area contributed by atoms with Gasteiger partial charge in [-0.05, 0) is 131 Å². The van der Waals surface area contributed by atoms with E-state index in [9.17, 15) is 19.2 Å². The van der Waals surface area contributed by atoms with Crippen molar-refractivity contribution in [3.63, 3.8) is 0 Å². The molecule has 546 valence electrons. The zero-order valence-corrected chi connectivity index (χ0v) is 62.9. The number of esters is 8. The van der Waals surface area contributed by atoms with Crippen molar-refractivity contribution in [2.75, 3.05) is 62.0 Å². The predicted octanol–water partition coefficient (Wildman–Crippen LogP) is 14.5. The van der Waals surface area contributed by atoms with Gasteiger partial charge in [0, 0.05) is 32.5 Å². The zero-order valence-electron chi connectivity index (χ0n) is 62.9. The van der Waals surface area contributed by atoms with Crippen LogP contribution in [0.25, 0.3) is 16.7 Å². The van der Waals surface area contributed by atoms with E-state index in [2.05, 4.69) is 0 Å². The highest BCUT2D eigenvalue weighted by molar-refractivity contribution is 6.13. The van der Waals surface area contributed by atoms with Crippen LogP contribution in [0, 0.1) is 48.7 Å². The summed E-state index contributed by atoms with van der Waals surface area (Å²) in [4.78, 5) is 119. The molecule has 5 aromatic carbocycles. The standard InChI is InChI=1S/C85H92O19/c1-47-60(50-31-37-55(94-16)38-32-50)83(13)63(71(88)97-19)65(80(47,10)77(83,4)5)73(90)99-43-58(103-69(86)53-27-23-21-24-28-53)45-101-75(92)67-68(85(15)62(49(3)82(67,12)79(85,8)9)52-35-41-57(96-18)42-36-52)76(93)102-46-59(104-70(87)54-29-25-22-26-30-54)44-100-74(91)66-64(72(89)98-20)84(14)61(48(2)81(66,11)78(84,6)7)51-33-39-56(95-17)40-34-51/h21-42,58-59H,43-46H2,1-20H3. The van der Waals surface area contributed by atoms with Gasteiger partial charge in [-0.3, -0.25) is 0 Å². The van der Waals surface area contributed by atoms with Crippen molar-refractivity contribution >= 4 is 64.5 Å². The van der Waals surface area contributed by atoms with Gasteiger partial charge in [0.2, 0.25) is 0 Å². The van der Waals surface area contributed by atoms with Crippen LogP contribution in [0.2, 0.25) is 0 Å². The molecule has 0 saturated heterocycles. The van der Waals surface area contributed by atoms with E-state index in [0.29, 0.717) is 28.4 Å². The van der Waals surface area contributed by atoms with E-state index < -0.39 is 135 Å². The molecule has 8 unspecified atom stereocenters. The number of ether oxygens (including phenoxy) is 11. The van der Waals surface area contributed by atoms with Crippen LogP contribution in [0.15, 0.2) is 184 Å². The molecule has 0 aromatic heterocycles. The van der Waals surface area contributed by atoms with Gasteiger partial charge in [-0.2, -0.15) is 0 Å². The van der Waals surface area contributed by atoms with Crippen LogP contribution in [0.4, 0.5) is 0 Å². The second-order valence-corrected chi connectivity index (χ2v) is 30.2. The maximum Gasteiger partial charge on any atom is 0.338 e. The van der Waals surface area contributed by atoms with Gasteiger partial charge in [0.1, 0.15) is 43.7 Å². The molecule has 8 atom stereocenters. The number of allylic oxidation sites excluding steroid dienone is 6. The maximum atomic E-state index is 15.9. The number of hydrogen-bond acceptors (Lipinski definition) is 19. The van der Waals surface area contributed by atoms with Gasteiger partial charge in [-0.25, -0.2) is 38.4 Å². The van der Waals surface area contributed by atoms with Crippen LogP contribution >= 0.6 is 0 Å². The van der Waals surface area contributed by atoms with Crippen LogP contribution in [0.5, 0.6) is 17.2 Å². The lowest BCUT2D eigenvalue weighted by atomic mass is 9.59. The predicted molar refractivity (Wildman–Crippen MR) is 387 cm³/mol. The molecular formula is C85H92O19. The van der Waals surface area contributed by atoms with Crippen LogP contribution < -0.4 is 14.2 Å². The number of benzene rings is 5. The molecule has 0 N–H and O–H groups in total. The van der Waals surface area contributed by atoms with Crippen LogP contribution in [0.3, 0.4) is 0 Å². The zero-order chi connectivity index (χ0) is 76.0. The molecule has 0 spiro atoms. The molecule has 6 aliphatic carbocycles. The molecule has 0 fully saturated rings. The molecule has 0 heterocycles. The van der Waals surface area contributed by atoms with E-state index in [0.717, 1.165) is 39.0 Å². The third kappa shape index (κ3) is 10.5. The average Bonchev–Trinajstić information content (AvgIpc) is 1.49. The average molecular weight is 1420 g/mol. The van der Waals surface area contributed by atoms with Gasteiger partial charge in [0.25, 0.3) is 0 Å². The highest BCUT2D eigenvalue weighted by atomic mass is 16.6. The Kier molecular flexibility index (Phi) is 19.3. The van der Waals surface area contributed by atoms with Gasteiger partial charge in [0.05, 0.1) is 80.1 Å². The van der Waals surface area contributed by atoms with E-state index in [-0.39, 0.29) is 44.6 Å². The smallest absolute Gasteiger partial charge is 0.338 e. The summed E-state index contributed by atoms with van der Waals surface area (Å²) in [6.45, 7) is 26.1. The van der Waals surface area contributed by atoms with Crippen molar-refractivity contribution in [1.29, 1.82) is 0 Å². The highest BCUT2D eigenvalue weighted by Gasteiger charge is 2.76. The minimum absolute atomic E-state index is 0.0599. The molecule has 104 heavy (non-hydrogen) atoms. The van der Waals surface area contributed by atoms with Gasteiger partial charge in [-0.1, -0.05) is 173 Å². The quantitative estimate of drug-likeness (QED) is 0.0412. The first kappa shape index (κ1) is 74.9. The Labute approximate surface area is 607 Å². The normalized spacial score (nSPS) is 25.5. The molecule has 0 amide bonds. The molecule has 6 bridgehead atoms. The Bertz CT molecular complexity index is 4600. The Morgan fingerprint density at radius 3 is 0.731 bits per heavy atom. The highest BCUT2D eigenvalue weighted by Crippen LogP contribution is 2.81. The molecule has 0 radical (unpaired) electrons. The van der Waals surface area contributed by atoms with E-state index in [4.69, 9.17) is 52.1 Å². The van der Waals surface area contributed by atoms with Crippen molar-refractivity contribution in [3.05, 3.63) is 211 Å². The fraction of sp³-hybridized carbons (Fsp3) is 0.412. The van der Waals surface area contributed by atoms with Crippen LogP contribution in [-0.4, -0.2) is 122 Å². The molecule has 11 rings (SSSR count). The second-order valence-electron chi connectivity index (χ2n) is 30.2. The van der Waals surface area contributed by atoms with Gasteiger partial charge >= 0.3 is 47.8 Å². The molecule has 19 nitrogen and oxygen atoms in total. The number of hydrogen-bond donors (Lipinski definition) is 0. The largest absolute Gasteiger partial charge is 0.497 e. The summed E-state index contributed by atoms with van der Waals surface area (Å²) in [6, 6.07) is 38.4. The minimum atomic E-state index is -1.50. The molecule has 5 aromatic rings. The number of carbonyl (C=O) groups excluding carboxylic acids is 8. The summed E-state index contributed by atoms with van der Waals surface area (Å²) in [7, 11) is 7.19. The van der Waals surface area contributed by atoms with Gasteiger partial charge in [-0.15, -0.1) is 0 Å². The second kappa shape index (κ2) is 26.8. The number of carbonyl (C=O) groups is 8. The lowest BCUT2D eigenvalue weighted by Crippen LogP contribution is -2.40. The fourth-order valence-corrected chi connectivity index (χ4v) is 18.6.